The van der Waals surface area contributed by atoms with Gasteiger partial charge >= 0.3 is 0 Å². The van der Waals surface area contributed by atoms with E-state index in [4.69, 9.17) is 4.98 Å². The molecule has 8 nitrogen and oxygen atoms in total. The van der Waals surface area contributed by atoms with E-state index in [1.807, 2.05) is 31.2 Å². The number of rotatable bonds is 2. The minimum Gasteiger partial charge on any atom is -0.352 e. The molecule has 134 valence electrons. The lowest BCUT2D eigenvalue weighted by atomic mass is 10.1. The van der Waals surface area contributed by atoms with Crippen LogP contribution in [0.2, 0.25) is 0 Å². The smallest absolute Gasteiger partial charge is 0.270 e. The van der Waals surface area contributed by atoms with Crippen LogP contribution in [-0.2, 0) is 9.59 Å². The van der Waals surface area contributed by atoms with Crippen LogP contribution in [0.15, 0.2) is 29.4 Å². The Labute approximate surface area is 150 Å². The summed E-state index contributed by atoms with van der Waals surface area (Å²) in [5.74, 6) is 0.640. The van der Waals surface area contributed by atoms with Gasteiger partial charge < -0.3 is 9.80 Å². The molecule has 1 aromatic heterocycles. The Morgan fingerprint density at radius 3 is 2.38 bits per heavy atom. The summed E-state index contributed by atoms with van der Waals surface area (Å²) in [6, 6.07) is 7.83. The Bertz CT molecular complexity index is 902. The van der Waals surface area contributed by atoms with Crippen LogP contribution in [0.4, 0.5) is 5.82 Å². The Morgan fingerprint density at radius 1 is 1.04 bits per heavy atom. The summed E-state index contributed by atoms with van der Waals surface area (Å²) in [6.45, 7) is 4.55. The van der Waals surface area contributed by atoms with Crippen molar-refractivity contribution >= 4 is 34.4 Å². The van der Waals surface area contributed by atoms with E-state index in [0.717, 1.165) is 22.5 Å². The summed E-state index contributed by atoms with van der Waals surface area (Å²) >= 11 is 0. The van der Waals surface area contributed by atoms with Gasteiger partial charge in [-0.05, 0) is 19.1 Å². The number of hydrogen-bond donors (Lipinski definition) is 1. The fourth-order valence-corrected chi connectivity index (χ4v) is 3.31. The lowest BCUT2D eigenvalue weighted by Gasteiger charge is -2.36. The maximum absolute atomic E-state index is 12.5. The molecular weight excluding hydrogens is 332 g/mol. The second kappa shape index (κ2) is 6.70. The number of carbonyl (C=O) groups is 2. The van der Waals surface area contributed by atoms with Crippen molar-refractivity contribution in [3.8, 4) is 0 Å². The van der Waals surface area contributed by atoms with Crippen molar-refractivity contribution < 1.29 is 9.59 Å². The molecule has 0 atom stereocenters. The predicted molar refractivity (Wildman–Crippen MR) is 97.9 cm³/mol. The van der Waals surface area contributed by atoms with E-state index >= 15 is 0 Å². The Kier molecular flexibility index (Phi) is 4.24. The Hall–Kier alpha value is -3.03. The van der Waals surface area contributed by atoms with Gasteiger partial charge in [0.05, 0.1) is 16.7 Å². The molecule has 2 aliphatic rings. The highest BCUT2D eigenvalue weighted by atomic mass is 16.2. The van der Waals surface area contributed by atoms with Gasteiger partial charge in [0.25, 0.3) is 5.91 Å². The third-order valence-electron chi connectivity index (χ3n) is 4.74. The third-order valence-corrected chi connectivity index (χ3v) is 4.74. The number of para-hydroxylation sites is 2. The maximum Gasteiger partial charge on any atom is 0.270 e. The number of carbonyl (C=O) groups excluding carboxylic acids is 2. The number of benzene rings is 1. The summed E-state index contributed by atoms with van der Waals surface area (Å²) in [4.78, 5) is 37.1. The molecule has 0 radical (unpaired) electrons. The van der Waals surface area contributed by atoms with E-state index in [2.05, 4.69) is 20.4 Å². The van der Waals surface area contributed by atoms with E-state index in [9.17, 15) is 9.59 Å². The summed E-state index contributed by atoms with van der Waals surface area (Å²) in [6.07, 6.45) is 0.719. The minimum atomic E-state index is -0.142. The predicted octanol–water partition coefficient (Wildman–Crippen LogP) is 0.853. The Balaban J connectivity index is 1.46. The second-order valence-electron chi connectivity index (χ2n) is 6.49. The largest absolute Gasteiger partial charge is 0.352 e. The van der Waals surface area contributed by atoms with Gasteiger partial charge in [0.15, 0.2) is 5.82 Å². The molecule has 26 heavy (non-hydrogen) atoms. The highest BCUT2D eigenvalue weighted by Gasteiger charge is 2.27. The number of aromatic nitrogens is 2. The molecule has 0 unspecified atom stereocenters. The van der Waals surface area contributed by atoms with Crippen LogP contribution in [0.1, 0.15) is 18.5 Å². The number of piperazine rings is 1. The van der Waals surface area contributed by atoms with Crippen molar-refractivity contribution in [3.05, 3.63) is 30.0 Å². The molecule has 2 aromatic rings. The molecule has 1 fully saturated rings. The van der Waals surface area contributed by atoms with Gasteiger partial charge in [0.1, 0.15) is 5.71 Å². The van der Waals surface area contributed by atoms with E-state index in [1.165, 1.54) is 0 Å². The van der Waals surface area contributed by atoms with Gasteiger partial charge in [-0.15, -0.1) is 0 Å². The number of hydrazone groups is 1. The average molecular weight is 352 g/mol. The zero-order valence-electron chi connectivity index (χ0n) is 14.6. The summed E-state index contributed by atoms with van der Waals surface area (Å²) < 4.78 is 0. The van der Waals surface area contributed by atoms with Crippen LogP contribution in [0, 0.1) is 6.92 Å². The van der Waals surface area contributed by atoms with Gasteiger partial charge in [0.2, 0.25) is 5.91 Å². The van der Waals surface area contributed by atoms with Gasteiger partial charge in [-0.2, -0.15) is 5.10 Å². The van der Waals surface area contributed by atoms with Crippen molar-refractivity contribution in [2.45, 2.75) is 19.8 Å². The number of nitrogens with zero attached hydrogens (tertiary/aromatic N) is 5. The van der Waals surface area contributed by atoms with Gasteiger partial charge in [-0.25, -0.2) is 15.4 Å². The van der Waals surface area contributed by atoms with Crippen molar-refractivity contribution in [2.24, 2.45) is 5.10 Å². The van der Waals surface area contributed by atoms with E-state index in [-0.39, 0.29) is 11.8 Å². The van der Waals surface area contributed by atoms with Crippen LogP contribution in [0.3, 0.4) is 0 Å². The van der Waals surface area contributed by atoms with Crippen molar-refractivity contribution in [1.82, 2.24) is 20.3 Å². The molecule has 2 aliphatic heterocycles. The highest BCUT2D eigenvalue weighted by molar-refractivity contribution is 6.39. The van der Waals surface area contributed by atoms with E-state index in [0.29, 0.717) is 44.7 Å². The first-order valence-electron chi connectivity index (χ1n) is 8.75. The van der Waals surface area contributed by atoms with Crippen molar-refractivity contribution in [3.63, 3.8) is 0 Å². The van der Waals surface area contributed by atoms with Crippen molar-refractivity contribution in [1.29, 1.82) is 0 Å². The molecule has 3 heterocycles. The molecule has 0 bridgehead atoms. The zero-order valence-corrected chi connectivity index (χ0v) is 14.6. The molecule has 0 aliphatic carbocycles. The number of aryl methyl sites for hydroxylation is 1. The molecule has 2 amide bonds. The number of anilines is 1. The maximum atomic E-state index is 12.5. The van der Waals surface area contributed by atoms with Crippen LogP contribution in [0.5, 0.6) is 0 Å². The molecule has 4 rings (SSSR count). The monoisotopic (exact) mass is 352 g/mol. The van der Waals surface area contributed by atoms with Crippen molar-refractivity contribution in [2.75, 3.05) is 31.1 Å². The second-order valence-corrected chi connectivity index (χ2v) is 6.49. The lowest BCUT2D eigenvalue weighted by Crippen LogP contribution is -2.51. The molecule has 0 spiro atoms. The summed E-state index contributed by atoms with van der Waals surface area (Å²) in [7, 11) is 0. The van der Waals surface area contributed by atoms with Crippen LogP contribution in [-0.4, -0.2) is 58.6 Å². The first-order chi connectivity index (χ1) is 12.6. The number of fused-ring (bicyclic) bond motifs is 1. The molecular formula is C18H20N6O2. The summed E-state index contributed by atoms with van der Waals surface area (Å²) in [5, 5.41) is 3.90. The number of nitrogens with one attached hydrogen (secondary N) is 1. The topological polar surface area (TPSA) is 90.8 Å². The molecule has 1 aromatic carbocycles. The first kappa shape index (κ1) is 16.4. The fourth-order valence-electron chi connectivity index (χ4n) is 3.31. The fraction of sp³-hybridized carbons (Fsp3) is 0.389. The van der Waals surface area contributed by atoms with Gasteiger partial charge in [-0.3, -0.25) is 9.59 Å². The quantitative estimate of drug-likeness (QED) is 0.865. The average Bonchev–Trinajstić information content (AvgIpc) is 2.68. The van der Waals surface area contributed by atoms with Crippen LogP contribution < -0.4 is 10.3 Å². The third kappa shape index (κ3) is 3.10. The lowest BCUT2D eigenvalue weighted by molar-refractivity contribution is -0.124. The summed E-state index contributed by atoms with van der Waals surface area (Å²) in [5.41, 5.74) is 5.47. The zero-order chi connectivity index (χ0) is 18.1. The molecule has 1 N–H and O–H groups in total. The molecule has 0 saturated carbocycles. The van der Waals surface area contributed by atoms with Gasteiger partial charge in [-0.1, -0.05) is 12.1 Å². The standard InChI is InChI=1S/C18H20N6O2/c1-12-17(20-14-5-3-2-4-13(14)19-12)23-8-10-24(11-9-23)18(26)15-6-7-16(25)22-21-15/h2-5H,6-11H2,1H3,(H,22,25). The van der Waals surface area contributed by atoms with Crippen LogP contribution in [0.25, 0.3) is 11.0 Å². The van der Waals surface area contributed by atoms with Crippen LogP contribution >= 0.6 is 0 Å². The normalized spacial score (nSPS) is 17.9. The van der Waals surface area contributed by atoms with E-state index < -0.39 is 0 Å². The number of hydrogen-bond acceptors (Lipinski definition) is 6. The molecule has 1 saturated heterocycles. The molecule has 8 heteroatoms. The SMILES string of the molecule is Cc1nc2ccccc2nc1N1CCN(C(=O)C2=NNC(=O)CC2)CC1. The van der Waals surface area contributed by atoms with Gasteiger partial charge in [0, 0.05) is 39.0 Å². The first-order valence-corrected chi connectivity index (χ1v) is 8.75. The minimum absolute atomic E-state index is 0.0917. The number of amides is 2. The van der Waals surface area contributed by atoms with E-state index in [1.54, 1.807) is 4.90 Å². The Morgan fingerprint density at radius 2 is 1.73 bits per heavy atom. The highest BCUT2D eigenvalue weighted by Crippen LogP contribution is 2.21.